The van der Waals surface area contributed by atoms with Gasteiger partial charge in [0.25, 0.3) is 0 Å². The maximum atomic E-state index is 12.5. The van der Waals surface area contributed by atoms with Crippen molar-refractivity contribution in [2.75, 3.05) is 31.1 Å². The van der Waals surface area contributed by atoms with E-state index in [1.807, 2.05) is 45.8 Å². The fourth-order valence-electron chi connectivity index (χ4n) is 3.18. The fourth-order valence-corrected chi connectivity index (χ4v) is 3.39. The molecule has 3 aromatic rings. The van der Waals surface area contributed by atoms with Gasteiger partial charge < -0.3 is 9.80 Å². The topological polar surface area (TPSA) is 53.7 Å². The van der Waals surface area contributed by atoms with Crippen molar-refractivity contribution in [2.45, 2.75) is 6.42 Å². The maximum Gasteiger partial charge on any atom is 0.227 e. The monoisotopic (exact) mass is 355 g/mol. The lowest BCUT2D eigenvalue weighted by molar-refractivity contribution is -0.130. The number of anilines is 1. The van der Waals surface area contributed by atoms with E-state index in [2.05, 4.69) is 15.0 Å². The highest BCUT2D eigenvalue weighted by Gasteiger charge is 2.22. The molecule has 0 atom stereocenters. The van der Waals surface area contributed by atoms with Crippen molar-refractivity contribution in [1.29, 1.82) is 0 Å². The molecule has 0 bridgehead atoms. The molecule has 0 unspecified atom stereocenters. The first kappa shape index (κ1) is 15.9. The van der Waals surface area contributed by atoms with E-state index in [0.29, 0.717) is 24.5 Å². The van der Waals surface area contributed by atoms with Crippen LogP contribution in [-0.2, 0) is 11.2 Å². The Balaban J connectivity index is 1.41. The van der Waals surface area contributed by atoms with Gasteiger partial charge in [0, 0.05) is 43.5 Å². The lowest BCUT2D eigenvalue weighted by Gasteiger charge is -2.36. The highest BCUT2D eigenvalue weighted by Crippen LogP contribution is 2.18. The standard InChI is InChI=1S/C18H18ClN5O/c19-15-3-1-2-14(12-15)13-18(25)23-10-8-22(9-11-23)17-5-6-20-16-4-7-21-24(16)17/h1-7,12H,8-11,13H2. The van der Waals surface area contributed by atoms with Gasteiger partial charge >= 0.3 is 0 Å². The van der Waals surface area contributed by atoms with Gasteiger partial charge in [0.1, 0.15) is 5.82 Å². The summed E-state index contributed by atoms with van der Waals surface area (Å²) in [5.74, 6) is 1.15. The van der Waals surface area contributed by atoms with Gasteiger partial charge in [0.15, 0.2) is 5.65 Å². The highest BCUT2D eigenvalue weighted by atomic mass is 35.5. The molecule has 1 saturated heterocycles. The first-order chi connectivity index (χ1) is 12.2. The molecule has 0 saturated carbocycles. The van der Waals surface area contributed by atoms with Crippen LogP contribution in [0.15, 0.2) is 48.8 Å². The van der Waals surface area contributed by atoms with Crippen LogP contribution in [0, 0.1) is 0 Å². The van der Waals surface area contributed by atoms with E-state index in [4.69, 9.17) is 11.6 Å². The second kappa shape index (κ2) is 6.72. The molecule has 0 N–H and O–H groups in total. The molecule has 6 nitrogen and oxygen atoms in total. The molecule has 0 aliphatic carbocycles. The number of piperazine rings is 1. The van der Waals surface area contributed by atoms with E-state index >= 15 is 0 Å². The van der Waals surface area contributed by atoms with E-state index < -0.39 is 0 Å². The molecule has 1 aliphatic rings. The maximum absolute atomic E-state index is 12.5. The van der Waals surface area contributed by atoms with Gasteiger partial charge in [0.2, 0.25) is 5.91 Å². The Morgan fingerprint density at radius 2 is 1.92 bits per heavy atom. The third-order valence-corrected chi connectivity index (χ3v) is 4.71. The highest BCUT2D eigenvalue weighted by molar-refractivity contribution is 6.30. The second-order valence-corrected chi connectivity index (χ2v) is 6.52. The Morgan fingerprint density at radius 1 is 1.08 bits per heavy atom. The summed E-state index contributed by atoms with van der Waals surface area (Å²) in [6.45, 7) is 2.95. The molecular formula is C18H18ClN5O. The number of rotatable bonds is 3. The van der Waals surface area contributed by atoms with Crippen LogP contribution >= 0.6 is 11.6 Å². The summed E-state index contributed by atoms with van der Waals surface area (Å²) in [7, 11) is 0. The number of benzene rings is 1. The van der Waals surface area contributed by atoms with Gasteiger partial charge in [0.05, 0.1) is 12.6 Å². The largest absolute Gasteiger partial charge is 0.353 e. The molecule has 1 aromatic carbocycles. The summed E-state index contributed by atoms with van der Waals surface area (Å²) in [5, 5.41) is 4.99. The number of carbonyl (C=O) groups is 1. The zero-order valence-corrected chi connectivity index (χ0v) is 14.4. The van der Waals surface area contributed by atoms with Crippen LogP contribution in [0.4, 0.5) is 5.82 Å². The number of aromatic nitrogens is 3. The Morgan fingerprint density at radius 3 is 2.72 bits per heavy atom. The average Bonchev–Trinajstić information content (AvgIpc) is 3.10. The lowest BCUT2D eigenvalue weighted by atomic mass is 10.1. The molecule has 1 amide bonds. The minimum Gasteiger partial charge on any atom is -0.353 e. The van der Waals surface area contributed by atoms with Crippen molar-refractivity contribution in [2.24, 2.45) is 0 Å². The fraction of sp³-hybridized carbons (Fsp3) is 0.278. The number of carbonyl (C=O) groups excluding carboxylic acids is 1. The summed E-state index contributed by atoms with van der Waals surface area (Å²) in [5.41, 5.74) is 1.78. The summed E-state index contributed by atoms with van der Waals surface area (Å²) >= 11 is 5.99. The minimum absolute atomic E-state index is 0.140. The Labute approximate surface area is 150 Å². The molecule has 0 radical (unpaired) electrons. The summed E-state index contributed by atoms with van der Waals surface area (Å²) in [4.78, 5) is 21.0. The van der Waals surface area contributed by atoms with E-state index in [-0.39, 0.29) is 5.91 Å². The predicted octanol–water partition coefficient (Wildman–Crippen LogP) is 2.27. The zero-order chi connectivity index (χ0) is 17.2. The quantitative estimate of drug-likeness (QED) is 0.723. The van der Waals surface area contributed by atoms with E-state index in [1.165, 1.54) is 0 Å². The molecule has 1 fully saturated rings. The van der Waals surface area contributed by atoms with Gasteiger partial charge in [-0.25, -0.2) is 4.98 Å². The Kier molecular flexibility index (Phi) is 4.28. The van der Waals surface area contributed by atoms with Crippen molar-refractivity contribution >= 4 is 29.0 Å². The van der Waals surface area contributed by atoms with Gasteiger partial charge in [-0.1, -0.05) is 23.7 Å². The third kappa shape index (κ3) is 3.30. The van der Waals surface area contributed by atoms with E-state index in [9.17, 15) is 4.79 Å². The number of fused-ring (bicyclic) bond motifs is 1. The van der Waals surface area contributed by atoms with Crippen molar-refractivity contribution in [1.82, 2.24) is 19.5 Å². The van der Waals surface area contributed by atoms with Crippen molar-refractivity contribution < 1.29 is 4.79 Å². The first-order valence-corrected chi connectivity index (χ1v) is 8.64. The van der Waals surface area contributed by atoms with E-state index in [1.54, 1.807) is 12.4 Å². The first-order valence-electron chi connectivity index (χ1n) is 8.26. The molecule has 2 aromatic heterocycles. The normalized spacial score (nSPS) is 14.9. The molecular weight excluding hydrogens is 338 g/mol. The Bertz CT molecular complexity index is 901. The van der Waals surface area contributed by atoms with Crippen molar-refractivity contribution in [3.63, 3.8) is 0 Å². The van der Waals surface area contributed by atoms with Crippen LogP contribution in [0.25, 0.3) is 5.65 Å². The minimum atomic E-state index is 0.140. The number of nitrogens with zero attached hydrogens (tertiary/aromatic N) is 5. The van der Waals surface area contributed by atoms with Crippen LogP contribution in [0.3, 0.4) is 0 Å². The molecule has 4 rings (SSSR count). The molecule has 128 valence electrons. The molecule has 7 heteroatoms. The number of hydrogen-bond donors (Lipinski definition) is 0. The van der Waals surface area contributed by atoms with Gasteiger partial charge in [-0.05, 0) is 23.8 Å². The SMILES string of the molecule is O=C(Cc1cccc(Cl)c1)N1CCN(c2ccnc3ccnn23)CC1. The van der Waals surface area contributed by atoms with Crippen LogP contribution < -0.4 is 4.90 Å². The number of halogens is 1. The zero-order valence-electron chi connectivity index (χ0n) is 13.7. The van der Waals surface area contributed by atoms with Gasteiger partial charge in [-0.15, -0.1) is 0 Å². The number of amides is 1. The van der Waals surface area contributed by atoms with Gasteiger partial charge in [-0.3, -0.25) is 4.79 Å². The number of hydrogen-bond acceptors (Lipinski definition) is 4. The molecule has 25 heavy (non-hydrogen) atoms. The van der Waals surface area contributed by atoms with Crippen LogP contribution in [0.1, 0.15) is 5.56 Å². The summed E-state index contributed by atoms with van der Waals surface area (Å²) < 4.78 is 1.84. The average molecular weight is 356 g/mol. The van der Waals surface area contributed by atoms with Crippen LogP contribution in [0.2, 0.25) is 5.02 Å². The molecule has 1 aliphatic heterocycles. The third-order valence-electron chi connectivity index (χ3n) is 4.47. The van der Waals surface area contributed by atoms with Gasteiger partial charge in [-0.2, -0.15) is 9.61 Å². The van der Waals surface area contributed by atoms with Crippen molar-refractivity contribution in [3.05, 3.63) is 59.4 Å². The van der Waals surface area contributed by atoms with Crippen LogP contribution in [0.5, 0.6) is 0 Å². The predicted molar refractivity (Wildman–Crippen MR) is 96.9 cm³/mol. The van der Waals surface area contributed by atoms with E-state index in [0.717, 1.165) is 30.1 Å². The lowest BCUT2D eigenvalue weighted by Crippen LogP contribution is -2.49. The second-order valence-electron chi connectivity index (χ2n) is 6.08. The smallest absolute Gasteiger partial charge is 0.227 e. The Hall–Kier alpha value is -2.60. The molecule has 3 heterocycles. The molecule has 0 spiro atoms. The summed E-state index contributed by atoms with van der Waals surface area (Å²) in [6, 6.07) is 11.3. The van der Waals surface area contributed by atoms with Crippen molar-refractivity contribution in [3.8, 4) is 0 Å². The summed E-state index contributed by atoms with van der Waals surface area (Å²) in [6.07, 6.45) is 3.93. The van der Waals surface area contributed by atoms with Crippen LogP contribution in [-0.4, -0.2) is 51.6 Å².